The van der Waals surface area contributed by atoms with Gasteiger partial charge in [0.05, 0.1) is 25.2 Å². The van der Waals surface area contributed by atoms with Gasteiger partial charge in [0.15, 0.2) is 0 Å². The summed E-state index contributed by atoms with van der Waals surface area (Å²) in [6.45, 7) is 6.47. The van der Waals surface area contributed by atoms with E-state index in [0.29, 0.717) is 19.3 Å². The first-order chi connectivity index (χ1) is 30.0. The first kappa shape index (κ1) is 59.3. The molecule has 0 fully saturated rings. The zero-order valence-corrected chi connectivity index (χ0v) is 41.1. The summed E-state index contributed by atoms with van der Waals surface area (Å²) in [5, 5.41) is 23.8. The molecule has 6 heteroatoms. The molecule has 6 nitrogen and oxygen atoms in total. The average Bonchev–Trinajstić information content (AvgIpc) is 3.25. The highest BCUT2D eigenvalue weighted by atomic mass is 16.5. The fourth-order valence-electron chi connectivity index (χ4n) is 8.36. The maximum absolute atomic E-state index is 13.2. The van der Waals surface area contributed by atoms with E-state index in [1.54, 1.807) is 0 Å². The third kappa shape index (κ3) is 44.7. The van der Waals surface area contributed by atoms with Crippen LogP contribution in [0.15, 0.2) is 24.3 Å². The summed E-state index contributed by atoms with van der Waals surface area (Å²) in [6.07, 6.45) is 56.7. The zero-order chi connectivity index (χ0) is 44.5. The number of carbonyl (C=O) groups excluding carboxylic acids is 2. The number of carbonyl (C=O) groups is 2. The Morgan fingerprint density at radius 3 is 1.21 bits per heavy atom. The van der Waals surface area contributed by atoms with Crippen LogP contribution in [0.3, 0.4) is 0 Å². The van der Waals surface area contributed by atoms with Crippen LogP contribution in [0.4, 0.5) is 0 Å². The second-order valence-corrected chi connectivity index (χ2v) is 18.6. The van der Waals surface area contributed by atoms with E-state index in [2.05, 4.69) is 50.4 Å². The van der Waals surface area contributed by atoms with Crippen LogP contribution in [0.1, 0.15) is 290 Å². The first-order valence-corrected chi connectivity index (χ1v) is 27.1. The van der Waals surface area contributed by atoms with Gasteiger partial charge in [0.2, 0.25) is 5.91 Å². The van der Waals surface area contributed by atoms with E-state index in [9.17, 15) is 19.8 Å². The van der Waals surface area contributed by atoms with Gasteiger partial charge < -0.3 is 20.3 Å². The lowest BCUT2D eigenvalue weighted by Crippen LogP contribution is -2.46. The monoisotopic (exact) mass is 860 g/mol. The molecule has 0 saturated carbocycles. The molecule has 0 aliphatic carbocycles. The van der Waals surface area contributed by atoms with Crippen LogP contribution < -0.4 is 5.32 Å². The number of hydrogen-bond donors (Lipinski definition) is 3. The van der Waals surface area contributed by atoms with E-state index < -0.39 is 18.2 Å². The number of aliphatic hydroxyl groups is 2. The molecule has 0 aromatic carbocycles. The van der Waals surface area contributed by atoms with Gasteiger partial charge in [-0.3, -0.25) is 9.59 Å². The van der Waals surface area contributed by atoms with Crippen molar-refractivity contribution in [3.8, 4) is 0 Å². The maximum atomic E-state index is 13.2. The minimum Gasteiger partial charge on any atom is -0.462 e. The lowest BCUT2D eigenvalue weighted by Gasteiger charge is -2.24. The van der Waals surface area contributed by atoms with Crippen molar-refractivity contribution in [2.75, 3.05) is 6.61 Å². The minimum atomic E-state index is -0.788. The standard InChI is InChI=1S/C55H105NO5/c1-4-7-10-13-16-19-22-25-26-27-28-30-32-35-38-41-44-47-53(58)52(50-57)56-54(59)49-51(46-43-40-37-34-31-29-23-20-17-14-11-8-5-2)61-55(60)48-45-42-39-36-33-24-21-18-15-12-9-6-3/h18,20-21,23,51-53,57-58H,4-17,19,22,24-50H2,1-3H3,(H,56,59)/b21-18-,23-20-. The number of unbranched alkanes of at least 4 members (excludes halogenated alkanes) is 33. The molecule has 360 valence electrons. The molecule has 3 N–H and O–H groups in total. The second-order valence-electron chi connectivity index (χ2n) is 18.6. The van der Waals surface area contributed by atoms with Gasteiger partial charge in [0, 0.05) is 6.42 Å². The number of ether oxygens (including phenoxy) is 1. The third-order valence-electron chi connectivity index (χ3n) is 12.5. The highest BCUT2D eigenvalue weighted by Crippen LogP contribution is 2.18. The molecular formula is C55H105NO5. The van der Waals surface area contributed by atoms with Crippen LogP contribution in [0.5, 0.6) is 0 Å². The molecule has 0 rings (SSSR count). The number of nitrogens with one attached hydrogen (secondary N) is 1. The number of allylic oxidation sites excluding steroid dienone is 4. The SMILES string of the molecule is CCCCC/C=C\CCCCCCCC(=O)OC(CCCCCCC/C=C\CCCCCC)CC(=O)NC(CO)C(O)CCCCCCCCCCCCCCCCCCC. The number of amides is 1. The quantitative estimate of drug-likeness (QED) is 0.0322. The zero-order valence-electron chi connectivity index (χ0n) is 41.1. The molecule has 0 aliphatic heterocycles. The molecular weight excluding hydrogens is 755 g/mol. The van der Waals surface area contributed by atoms with Crippen LogP contribution in [0.25, 0.3) is 0 Å². The molecule has 0 radical (unpaired) electrons. The smallest absolute Gasteiger partial charge is 0.306 e. The summed E-state index contributed by atoms with van der Waals surface area (Å²) < 4.78 is 5.93. The van der Waals surface area contributed by atoms with Gasteiger partial charge in [-0.2, -0.15) is 0 Å². The summed E-state index contributed by atoms with van der Waals surface area (Å²) in [7, 11) is 0. The predicted octanol–water partition coefficient (Wildman–Crippen LogP) is 16.3. The van der Waals surface area contributed by atoms with Crippen molar-refractivity contribution in [2.45, 2.75) is 309 Å². The number of hydrogen-bond acceptors (Lipinski definition) is 5. The van der Waals surface area contributed by atoms with Crippen molar-refractivity contribution in [1.29, 1.82) is 0 Å². The molecule has 1 amide bonds. The van der Waals surface area contributed by atoms with E-state index in [-0.39, 0.29) is 24.9 Å². The third-order valence-corrected chi connectivity index (χ3v) is 12.5. The van der Waals surface area contributed by atoms with Gasteiger partial charge in [-0.25, -0.2) is 0 Å². The molecule has 0 spiro atoms. The highest BCUT2D eigenvalue weighted by Gasteiger charge is 2.24. The van der Waals surface area contributed by atoms with Crippen molar-refractivity contribution in [1.82, 2.24) is 5.32 Å². The first-order valence-electron chi connectivity index (χ1n) is 27.1. The lowest BCUT2D eigenvalue weighted by atomic mass is 10.0. The van der Waals surface area contributed by atoms with Crippen LogP contribution in [-0.2, 0) is 14.3 Å². The fourth-order valence-corrected chi connectivity index (χ4v) is 8.36. The molecule has 0 bridgehead atoms. The molecule has 0 heterocycles. The summed E-state index contributed by atoms with van der Waals surface area (Å²) >= 11 is 0. The maximum Gasteiger partial charge on any atom is 0.306 e. The Kier molecular flexibility index (Phi) is 48.0. The lowest BCUT2D eigenvalue weighted by molar-refractivity contribution is -0.151. The van der Waals surface area contributed by atoms with Crippen LogP contribution in [0, 0.1) is 0 Å². The second kappa shape index (κ2) is 49.4. The van der Waals surface area contributed by atoms with Crippen molar-refractivity contribution in [3.05, 3.63) is 24.3 Å². The average molecular weight is 860 g/mol. The summed E-state index contributed by atoms with van der Waals surface area (Å²) in [5.41, 5.74) is 0. The number of esters is 1. The van der Waals surface area contributed by atoms with Crippen LogP contribution in [0.2, 0.25) is 0 Å². The van der Waals surface area contributed by atoms with Crippen molar-refractivity contribution >= 4 is 11.9 Å². The topological polar surface area (TPSA) is 95.9 Å². The predicted molar refractivity (Wildman–Crippen MR) is 264 cm³/mol. The summed E-state index contributed by atoms with van der Waals surface area (Å²) in [5.74, 6) is -0.481. The highest BCUT2D eigenvalue weighted by molar-refractivity contribution is 5.77. The van der Waals surface area contributed by atoms with Crippen LogP contribution >= 0.6 is 0 Å². The van der Waals surface area contributed by atoms with E-state index >= 15 is 0 Å². The Morgan fingerprint density at radius 2 is 0.787 bits per heavy atom. The molecule has 3 atom stereocenters. The van der Waals surface area contributed by atoms with E-state index in [1.165, 1.54) is 180 Å². The largest absolute Gasteiger partial charge is 0.462 e. The van der Waals surface area contributed by atoms with Crippen LogP contribution in [-0.4, -0.2) is 46.9 Å². The van der Waals surface area contributed by atoms with Crippen molar-refractivity contribution in [3.63, 3.8) is 0 Å². The van der Waals surface area contributed by atoms with Crippen molar-refractivity contribution < 1.29 is 24.5 Å². The number of aliphatic hydroxyl groups excluding tert-OH is 2. The minimum absolute atomic E-state index is 0.0725. The molecule has 0 aromatic rings. The van der Waals surface area contributed by atoms with Crippen molar-refractivity contribution in [2.24, 2.45) is 0 Å². The Hall–Kier alpha value is -1.66. The van der Waals surface area contributed by atoms with Gasteiger partial charge in [-0.1, -0.05) is 225 Å². The number of rotatable bonds is 49. The van der Waals surface area contributed by atoms with E-state index in [4.69, 9.17) is 4.74 Å². The van der Waals surface area contributed by atoms with Gasteiger partial charge >= 0.3 is 5.97 Å². The van der Waals surface area contributed by atoms with Gasteiger partial charge in [0.1, 0.15) is 6.10 Å². The molecule has 3 unspecified atom stereocenters. The summed E-state index contributed by atoms with van der Waals surface area (Å²) in [4.78, 5) is 26.1. The molecule has 61 heavy (non-hydrogen) atoms. The molecule has 0 aromatic heterocycles. The van der Waals surface area contributed by atoms with Gasteiger partial charge in [-0.05, 0) is 77.0 Å². The molecule has 0 aliphatic rings. The van der Waals surface area contributed by atoms with E-state index in [0.717, 1.165) is 64.2 Å². The fraction of sp³-hybridized carbons (Fsp3) is 0.891. The Labute approximate surface area is 380 Å². The van der Waals surface area contributed by atoms with E-state index in [1.807, 2.05) is 0 Å². The normalized spacial score (nSPS) is 13.3. The van der Waals surface area contributed by atoms with Gasteiger partial charge in [-0.15, -0.1) is 0 Å². The van der Waals surface area contributed by atoms with Gasteiger partial charge in [0.25, 0.3) is 0 Å². The Bertz CT molecular complexity index is 966. The molecule has 0 saturated heterocycles. The Morgan fingerprint density at radius 1 is 0.459 bits per heavy atom. The Balaban J connectivity index is 4.49. The summed E-state index contributed by atoms with van der Waals surface area (Å²) in [6, 6.07) is -0.702.